The summed E-state index contributed by atoms with van der Waals surface area (Å²) in [7, 11) is 3.66. The van der Waals surface area contributed by atoms with Gasteiger partial charge in [-0.1, -0.05) is 12.2 Å². The van der Waals surface area contributed by atoms with Crippen molar-refractivity contribution in [3.8, 4) is 0 Å². The first-order valence-electron chi connectivity index (χ1n) is 3.99. The van der Waals surface area contributed by atoms with Crippen molar-refractivity contribution >= 4 is 5.97 Å². The van der Waals surface area contributed by atoms with E-state index in [0.717, 1.165) is 5.57 Å². The SMILES string of the molecule is C=C(C)C(C(=O)OCC)N(C)C. The zero-order chi connectivity index (χ0) is 9.72. The fourth-order valence-electron chi connectivity index (χ4n) is 1.07. The standard InChI is InChI=1S/C9H17NO2/c1-6-12-9(11)8(7(2)3)10(4)5/h8H,2,6H2,1,3-5H3. The molecule has 0 amide bonds. The Hall–Kier alpha value is -0.830. The minimum atomic E-state index is -0.315. The van der Waals surface area contributed by atoms with Gasteiger partial charge >= 0.3 is 5.97 Å². The van der Waals surface area contributed by atoms with Crippen LogP contribution in [0.15, 0.2) is 12.2 Å². The van der Waals surface area contributed by atoms with E-state index < -0.39 is 0 Å². The molecular formula is C9H17NO2. The van der Waals surface area contributed by atoms with Crippen LogP contribution in [0, 0.1) is 0 Å². The monoisotopic (exact) mass is 171 g/mol. The molecule has 0 saturated carbocycles. The van der Waals surface area contributed by atoms with Crippen molar-refractivity contribution in [1.82, 2.24) is 4.90 Å². The first kappa shape index (κ1) is 11.2. The molecule has 0 aliphatic rings. The van der Waals surface area contributed by atoms with E-state index in [2.05, 4.69) is 6.58 Å². The number of esters is 1. The van der Waals surface area contributed by atoms with Crippen LogP contribution in [0.3, 0.4) is 0 Å². The second kappa shape index (κ2) is 4.93. The molecule has 3 nitrogen and oxygen atoms in total. The van der Waals surface area contributed by atoms with Crippen molar-refractivity contribution in [3.63, 3.8) is 0 Å². The normalized spacial score (nSPS) is 12.8. The summed E-state index contributed by atoms with van der Waals surface area (Å²) < 4.78 is 4.89. The Balaban J connectivity index is 4.30. The van der Waals surface area contributed by atoms with E-state index in [1.165, 1.54) is 0 Å². The Morgan fingerprint density at radius 2 is 2.08 bits per heavy atom. The van der Waals surface area contributed by atoms with Crippen LogP contribution in [0.2, 0.25) is 0 Å². The van der Waals surface area contributed by atoms with Gasteiger partial charge in [-0.3, -0.25) is 4.90 Å². The molecule has 0 aliphatic carbocycles. The van der Waals surface area contributed by atoms with Gasteiger partial charge in [0.2, 0.25) is 0 Å². The summed E-state index contributed by atoms with van der Waals surface area (Å²) in [6.45, 7) is 7.77. The van der Waals surface area contributed by atoms with Crippen LogP contribution in [-0.2, 0) is 9.53 Å². The highest BCUT2D eigenvalue weighted by Gasteiger charge is 2.22. The van der Waals surface area contributed by atoms with Gasteiger partial charge in [0.15, 0.2) is 0 Å². The molecule has 70 valence electrons. The number of ether oxygens (including phenoxy) is 1. The van der Waals surface area contributed by atoms with E-state index in [1.807, 2.05) is 21.0 Å². The molecule has 0 aliphatic heterocycles. The van der Waals surface area contributed by atoms with Crippen LogP contribution >= 0.6 is 0 Å². The molecule has 0 radical (unpaired) electrons. The maximum Gasteiger partial charge on any atom is 0.327 e. The van der Waals surface area contributed by atoms with Gasteiger partial charge in [0.05, 0.1) is 6.61 Å². The molecular weight excluding hydrogens is 154 g/mol. The minimum Gasteiger partial charge on any atom is -0.465 e. The maximum absolute atomic E-state index is 11.3. The quantitative estimate of drug-likeness (QED) is 0.468. The zero-order valence-electron chi connectivity index (χ0n) is 8.26. The topological polar surface area (TPSA) is 29.5 Å². The van der Waals surface area contributed by atoms with E-state index in [-0.39, 0.29) is 12.0 Å². The molecule has 1 unspecified atom stereocenters. The largest absolute Gasteiger partial charge is 0.465 e. The summed E-state index contributed by atoms with van der Waals surface area (Å²) in [6.07, 6.45) is 0. The molecule has 0 aromatic heterocycles. The molecule has 0 aromatic carbocycles. The molecule has 0 fully saturated rings. The van der Waals surface area contributed by atoms with Gasteiger partial charge < -0.3 is 4.74 Å². The third-order valence-corrected chi connectivity index (χ3v) is 1.49. The molecule has 0 rings (SSSR count). The predicted octanol–water partition coefficient (Wildman–Crippen LogP) is 1.06. The lowest BCUT2D eigenvalue weighted by Crippen LogP contribution is -2.37. The van der Waals surface area contributed by atoms with E-state index in [1.54, 1.807) is 11.8 Å². The number of nitrogens with zero attached hydrogens (tertiary/aromatic N) is 1. The number of likely N-dealkylation sites (N-methyl/N-ethyl adjacent to an activating group) is 1. The van der Waals surface area contributed by atoms with Gasteiger partial charge in [0.25, 0.3) is 0 Å². The van der Waals surface area contributed by atoms with Crippen molar-refractivity contribution in [2.75, 3.05) is 20.7 Å². The van der Waals surface area contributed by atoms with Crippen LogP contribution in [0.5, 0.6) is 0 Å². The van der Waals surface area contributed by atoms with Crippen LogP contribution < -0.4 is 0 Å². The van der Waals surface area contributed by atoms with Gasteiger partial charge in [-0.05, 0) is 27.9 Å². The van der Waals surface area contributed by atoms with Gasteiger partial charge in [-0.25, -0.2) is 4.79 Å². The lowest BCUT2D eigenvalue weighted by atomic mass is 10.1. The van der Waals surface area contributed by atoms with Crippen LogP contribution in [0.1, 0.15) is 13.8 Å². The smallest absolute Gasteiger partial charge is 0.327 e. The molecule has 1 atom stereocenters. The first-order chi connectivity index (χ1) is 5.50. The van der Waals surface area contributed by atoms with Gasteiger partial charge in [-0.2, -0.15) is 0 Å². The van der Waals surface area contributed by atoms with Crippen molar-refractivity contribution in [2.24, 2.45) is 0 Å². The summed E-state index contributed by atoms with van der Waals surface area (Å²) >= 11 is 0. The second-order valence-electron chi connectivity index (χ2n) is 2.96. The number of hydrogen-bond donors (Lipinski definition) is 0. The molecule has 0 saturated heterocycles. The van der Waals surface area contributed by atoms with Crippen LogP contribution in [-0.4, -0.2) is 37.6 Å². The average molecular weight is 171 g/mol. The molecule has 0 N–H and O–H groups in total. The molecule has 12 heavy (non-hydrogen) atoms. The van der Waals surface area contributed by atoms with E-state index in [0.29, 0.717) is 6.61 Å². The average Bonchev–Trinajstić information content (AvgIpc) is 1.85. The summed E-state index contributed by atoms with van der Waals surface area (Å²) in [5.41, 5.74) is 0.804. The summed E-state index contributed by atoms with van der Waals surface area (Å²) in [5, 5.41) is 0. The summed E-state index contributed by atoms with van der Waals surface area (Å²) in [5.74, 6) is -0.227. The molecule has 3 heteroatoms. The molecule has 0 bridgehead atoms. The fourth-order valence-corrected chi connectivity index (χ4v) is 1.07. The maximum atomic E-state index is 11.3. The van der Waals surface area contributed by atoms with Crippen molar-refractivity contribution in [3.05, 3.63) is 12.2 Å². The van der Waals surface area contributed by atoms with Crippen molar-refractivity contribution in [1.29, 1.82) is 0 Å². The minimum absolute atomic E-state index is 0.227. The number of carbonyl (C=O) groups excluding carboxylic acids is 1. The van der Waals surface area contributed by atoms with Gasteiger partial charge in [0.1, 0.15) is 6.04 Å². The lowest BCUT2D eigenvalue weighted by molar-refractivity contribution is -0.147. The predicted molar refractivity (Wildman–Crippen MR) is 48.9 cm³/mol. The number of hydrogen-bond acceptors (Lipinski definition) is 3. The Labute approximate surface area is 74.0 Å². The second-order valence-corrected chi connectivity index (χ2v) is 2.96. The van der Waals surface area contributed by atoms with Gasteiger partial charge in [-0.15, -0.1) is 0 Å². The Bertz CT molecular complexity index is 175. The third kappa shape index (κ3) is 3.05. The van der Waals surface area contributed by atoms with Gasteiger partial charge in [0, 0.05) is 0 Å². The fraction of sp³-hybridized carbons (Fsp3) is 0.667. The Morgan fingerprint density at radius 3 is 2.33 bits per heavy atom. The highest BCUT2D eigenvalue weighted by Crippen LogP contribution is 2.06. The number of rotatable bonds is 4. The van der Waals surface area contributed by atoms with E-state index >= 15 is 0 Å². The summed E-state index contributed by atoms with van der Waals surface area (Å²) in [6, 6.07) is -0.315. The number of carbonyl (C=O) groups is 1. The molecule has 0 aromatic rings. The molecule has 0 spiro atoms. The first-order valence-corrected chi connectivity index (χ1v) is 3.99. The van der Waals surface area contributed by atoms with Crippen LogP contribution in [0.4, 0.5) is 0 Å². The zero-order valence-corrected chi connectivity index (χ0v) is 8.26. The van der Waals surface area contributed by atoms with Crippen molar-refractivity contribution < 1.29 is 9.53 Å². The molecule has 0 heterocycles. The third-order valence-electron chi connectivity index (χ3n) is 1.49. The van der Waals surface area contributed by atoms with Crippen molar-refractivity contribution in [2.45, 2.75) is 19.9 Å². The van der Waals surface area contributed by atoms with Crippen LogP contribution in [0.25, 0.3) is 0 Å². The summed E-state index contributed by atoms with van der Waals surface area (Å²) in [4.78, 5) is 13.1. The van der Waals surface area contributed by atoms with E-state index in [9.17, 15) is 4.79 Å². The Kier molecular flexibility index (Phi) is 4.59. The van der Waals surface area contributed by atoms with E-state index in [4.69, 9.17) is 4.74 Å². The Morgan fingerprint density at radius 1 is 1.58 bits per heavy atom. The highest BCUT2D eigenvalue weighted by atomic mass is 16.5. The highest BCUT2D eigenvalue weighted by molar-refractivity contribution is 5.79. The lowest BCUT2D eigenvalue weighted by Gasteiger charge is -2.22.